The number of methoxy groups -OCH3 is 1. The molecule has 0 aliphatic carbocycles. The van der Waals surface area contributed by atoms with Crippen molar-refractivity contribution in [3.8, 4) is 22.8 Å². The van der Waals surface area contributed by atoms with Crippen LogP contribution in [-0.2, 0) is 4.79 Å². The first-order valence-corrected chi connectivity index (χ1v) is 11.8. The van der Waals surface area contributed by atoms with Gasteiger partial charge in [0.05, 0.1) is 23.6 Å². The predicted molar refractivity (Wildman–Crippen MR) is 124 cm³/mol. The van der Waals surface area contributed by atoms with E-state index < -0.39 is 0 Å². The molecule has 2 aromatic carbocycles. The van der Waals surface area contributed by atoms with E-state index in [2.05, 4.69) is 10.2 Å². The number of aromatic nitrogens is 3. The lowest BCUT2D eigenvalue weighted by molar-refractivity contribution is -0.128. The highest BCUT2D eigenvalue weighted by Gasteiger charge is 2.20. The summed E-state index contributed by atoms with van der Waals surface area (Å²) in [4.78, 5) is 14.8. The summed E-state index contributed by atoms with van der Waals surface area (Å²) in [6.45, 7) is 1.69. The number of halogens is 1. The summed E-state index contributed by atoms with van der Waals surface area (Å²) >= 11 is 7.80. The van der Waals surface area contributed by atoms with Crippen LogP contribution in [0.15, 0.2) is 53.7 Å². The van der Waals surface area contributed by atoms with E-state index >= 15 is 0 Å². The molecule has 31 heavy (non-hydrogen) atoms. The Morgan fingerprint density at radius 1 is 1.06 bits per heavy atom. The van der Waals surface area contributed by atoms with Crippen LogP contribution >= 0.6 is 23.4 Å². The number of benzene rings is 2. The van der Waals surface area contributed by atoms with Crippen molar-refractivity contribution in [2.24, 2.45) is 0 Å². The molecule has 4 rings (SSSR count). The first kappa shape index (κ1) is 21.7. The van der Waals surface area contributed by atoms with Gasteiger partial charge in [0.25, 0.3) is 0 Å². The third-order valence-electron chi connectivity index (χ3n) is 5.34. The van der Waals surface area contributed by atoms with Gasteiger partial charge < -0.3 is 9.64 Å². The maximum Gasteiger partial charge on any atom is 0.233 e. The Kier molecular flexibility index (Phi) is 7.14. The smallest absolute Gasteiger partial charge is 0.233 e. The number of amides is 1. The molecule has 0 saturated carbocycles. The van der Waals surface area contributed by atoms with Crippen molar-refractivity contribution in [1.29, 1.82) is 0 Å². The van der Waals surface area contributed by atoms with Crippen molar-refractivity contribution in [3.05, 3.63) is 53.6 Å². The Bertz CT molecular complexity index is 1030. The largest absolute Gasteiger partial charge is 0.495 e. The molecular weight excluding hydrogens is 432 g/mol. The normalized spacial score (nSPS) is 14.3. The van der Waals surface area contributed by atoms with Gasteiger partial charge in [0.2, 0.25) is 5.91 Å². The highest BCUT2D eigenvalue weighted by atomic mass is 35.5. The molecule has 1 amide bonds. The number of ether oxygens (including phenoxy) is 1. The summed E-state index contributed by atoms with van der Waals surface area (Å²) in [6, 6.07) is 15.4. The van der Waals surface area contributed by atoms with Crippen molar-refractivity contribution in [3.63, 3.8) is 0 Å². The molecule has 3 aromatic rings. The van der Waals surface area contributed by atoms with Crippen LogP contribution in [0, 0.1) is 0 Å². The topological polar surface area (TPSA) is 60.2 Å². The van der Waals surface area contributed by atoms with E-state index in [1.165, 1.54) is 24.6 Å². The third-order valence-corrected chi connectivity index (χ3v) is 6.55. The molecule has 2 heterocycles. The second-order valence-electron chi connectivity index (χ2n) is 7.41. The number of nitrogens with zero attached hydrogens (tertiary/aromatic N) is 4. The molecule has 1 aliphatic rings. The van der Waals surface area contributed by atoms with Crippen LogP contribution in [0.1, 0.15) is 25.7 Å². The zero-order valence-corrected chi connectivity index (χ0v) is 19.0. The fourth-order valence-electron chi connectivity index (χ4n) is 3.70. The SMILES string of the molecule is COc1ccc(-n2c(SCC(=O)N3CCCCCC3)nnc2-c2ccccc2)cc1Cl. The second kappa shape index (κ2) is 10.2. The van der Waals surface area contributed by atoms with Crippen molar-refractivity contribution < 1.29 is 9.53 Å². The first-order valence-electron chi connectivity index (χ1n) is 10.4. The fraction of sp³-hybridized carbons (Fsp3) is 0.348. The summed E-state index contributed by atoms with van der Waals surface area (Å²) in [5, 5.41) is 10.0. The molecule has 0 unspecified atom stereocenters. The molecule has 0 spiro atoms. The second-order valence-corrected chi connectivity index (χ2v) is 8.76. The minimum Gasteiger partial charge on any atom is -0.495 e. The zero-order chi connectivity index (χ0) is 21.6. The lowest BCUT2D eigenvalue weighted by atomic mass is 10.2. The Morgan fingerprint density at radius 2 is 1.81 bits per heavy atom. The van der Waals surface area contributed by atoms with E-state index in [0.717, 1.165) is 37.2 Å². The van der Waals surface area contributed by atoms with Gasteiger partial charge in [-0.15, -0.1) is 10.2 Å². The van der Waals surface area contributed by atoms with E-state index in [-0.39, 0.29) is 5.91 Å². The van der Waals surface area contributed by atoms with Crippen LogP contribution in [0.5, 0.6) is 5.75 Å². The molecule has 0 bridgehead atoms. The van der Waals surface area contributed by atoms with Gasteiger partial charge in [0, 0.05) is 18.7 Å². The van der Waals surface area contributed by atoms with Gasteiger partial charge >= 0.3 is 0 Å². The number of carbonyl (C=O) groups is 1. The number of thioether (sulfide) groups is 1. The van der Waals surface area contributed by atoms with E-state index in [9.17, 15) is 4.79 Å². The Hall–Kier alpha value is -2.51. The van der Waals surface area contributed by atoms with Gasteiger partial charge in [-0.3, -0.25) is 9.36 Å². The zero-order valence-electron chi connectivity index (χ0n) is 17.5. The monoisotopic (exact) mass is 456 g/mol. The molecular formula is C23H25ClN4O2S. The van der Waals surface area contributed by atoms with Crippen molar-refractivity contribution >= 4 is 29.3 Å². The van der Waals surface area contributed by atoms with E-state index in [0.29, 0.717) is 27.5 Å². The maximum absolute atomic E-state index is 12.8. The number of hydrogen-bond donors (Lipinski definition) is 0. The van der Waals surface area contributed by atoms with Crippen LogP contribution < -0.4 is 4.74 Å². The van der Waals surface area contributed by atoms with Gasteiger partial charge in [0.1, 0.15) is 5.75 Å². The van der Waals surface area contributed by atoms with Crippen molar-refractivity contribution in [2.75, 3.05) is 26.0 Å². The Labute approximate surface area is 191 Å². The molecule has 1 aromatic heterocycles. The quantitative estimate of drug-likeness (QED) is 0.483. The number of likely N-dealkylation sites (tertiary alicyclic amines) is 1. The summed E-state index contributed by atoms with van der Waals surface area (Å²) in [6.07, 6.45) is 4.55. The highest BCUT2D eigenvalue weighted by Crippen LogP contribution is 2.32. The van der Waals surface area contributed by atoms with Crippen LogP contribution in [0.3, 0.4) is 0 Å². The molecule has 8 heteroatoms. The van der Waals surface area contributed by atoms with Gasteiger partial charge in [-0.25, -0.2) is 0 Å². The van der Waals surface area contributed by atoms with Crippen molar-refractivity contribution in [2.45, 2.75) is 30.8 Å². The fourth-order valence-corrected chi connectivity index (χ4v) is 4.81. The predicted octanol–water partition coefficient (Wildman–Crippen LogP) is 5.09. The molecule has 1 fully saturated rings. The first-order chi connectivity index (χ1) is 15.2. The molecule has 6 nitrogen and oxygen atoms in total. The molecule has 0 radical (unpaired) electrons. The van der Waals surface area contributed by atoms with Crippen LogP contribution in [0.2, 0.25) is 5.02 Å². The third kappa shape index (κ3) is 5.05. The Balaban J connectivity index is 1.64. The van der Waals surface area contributed by atoms with Gasteiger partial charge in [-0.1, -0.05) is 66.5 Å². The average Bonchev–Trinajstić information content (AvgIpc) is 3.02. The summed E-state index contributed by atoms with van der Waals surface area (Å²) < 4.78 is 7.24. The molecule has 1 saturated heterocycles. The van der Waals surface area contributed by atoms with Crippen LogP contribution in [-0.4, -0.2) is 51.5 Å². The van der Waals surface area contributed by atoms with E-state index in [1.54, 1.807) is 7.11 Å². The maximum atomic E-state index is 12.8. The summed E-state index contributed by atoms with van der Waals surface area (Å²) in [5.74, 6) is 1.78. The van der Waals surface area contributed by atoms with Crippen LogP contribution in [0.4, 0.5) is 0 Å². The van der Waals surface area contributed by atoms with Gasteiger partial charge in [-0.05, 0) is 31.0 Å². The standard InChI is InChI=1S/C23H25ClN4O2S/c1-30-20-12-11-18(15-19(20)24)28-22(17-9-5-4-6-10-17)25-26-23(28)31-16-21(29)27-13-7-2-3-8-14-27/h4-6,9-12,15H,2-3,7-8,13-14,16H2,1H3. The number of hydrogen-bond acceptors (Lipinski definition) is 5. The van der Waals surface area contributed by atoms with Gasteiger partial charge in [0.15, 0.2) is 11.0 Å². The molecule has 0 N–H and O–H groups in total. The lowest BCUT2D eigenvalue weighted by Crippen LogP contribution is -2.33. The summed E-state index contributed by atoms with van der Waals surface area (Å²) in [5.41, 5.74) is 1.76. The number of carbonyl (C=O) groups excluding carboxylic acids is 1. The van der Waals surface area contributed by atoms with Crippen LogP contribution in [0.25, 0.3) is 17.1 Å². The molecule has 1 aliphatic heterocycles. The minimum atomic E-state index is 0.149. The molecule has 162 valence electrons. The Morgan fingerprint density at radius 3 is 2.48 bits per heavy atom. The van der Waals surface area contributed by atoms with Crippen molar-refractivity contribution in [1.82, 2.24) is 19.7 Å². The van der Waals surface area contributed by atoms with Gasteiger partial charge in [-0.2, -0.15) is 0 Å². The summed E-state index contributed by atoms with van der Waals surface area (Å²) in [7, 11) is 1.59. The number of rotatable bonds is 6. The lowest BCUT2D eigenvalue weighted by Gasteiger charge is -2.20. The minimum absolute atomic E-state index is 0.149. The van der Waals surface area contributed by atoms with E-state index in [4.69, 9.17) is 16.3 Å². The van der Waals surface area contributed by atoms with E-state index in [1.807, 2.05) is 58.0 Å². The molecule has 0 atom stereocenters. The highest BCUT2D eigenvalue weighted by molar-refractivity contribution is 7.99. The average molecular weight is 457 g/mol.